The lowest BCUT2D eigenvalue weighted by molar-refractivity contribution is 0.139. The molecule has 0 radical (unpaired) electrons. The van der Waals surface area contributed by atoms with Crippen LogP contribution in [0.3, 0.4) is 0 Å². The standard InChI is InChI=1S/C12H19BrN4/c1-16-12(11(13)6-15-16)8-17-3-2-9-4-14-5-10(9)7-17/h6,9-10,14H,2-5,7-8H2,1H3. The average Bonchev–Trinajstić information content (AvgIpc) is 2.90. The minimum Gasteiger partial charge on any atom is -0.316 e. The first-order valence-electron chi connectivity index (χ1n) is 6.33. The van der Waals surface area contributed by atoms with Gasteiger partial charge in [-0.05, 0) is 53.8 Å². The van der Waals surface area contributed by atoms with Crippen molar-refractivity contribution >= 4 is 15.9 Å². The molecule has 3 rings (SSSR count). The van der Waals surface area contributed by atoms with Crippen LogP contribution in [0.2, 0.25) is 0 Å². The van der Waals surface area contributed by atoms with E-state index >= 15 is 0 Å². The van der Waals surface area contributed by atoms with Crippen LogP contribution in [0, 0.1) is 11.8 Å². The molecule has 1 N–H and O–H groups in total. The summed E-state index contributed by atoms with van der Waals surface area (Å²) >= 11 is 3.58. The van der Waals surface area contributed by atoms with Crippen LogP contribution in [0.15, 0.2) is 10.7 Å². The largest absolute Gasteiger partial charge is 0.316 e. The smallest absolute Gasteiger partial charge is 0.0663 e. The SMILES string of the molecule is Cn1ncc(Br)c1CN1CCC2CNCC2C1. The number of nitrogens with zero attached hydrogens (tertiary/aromatic N) is 3. The van der Waals surface area contributed by atoms with Crippen LogP contribution in [-0.2, 0) is 13.6 Å². The molecule has 1 aromatic rings. The van der Waals surface area contributed by atoms with Crippen molar-refractivity contribution in [3.8, 4) is 0 Å². The second kappa shape index (κ2) is 4.71. The molecule has 0 spiro atoms. The summed E-state index contributed by atoms with van der Waals surface area (Å²) in [6, 6.07) is 0. The number of halogens is 1. The highest BCUT2D eigenvalue weighted by Gasteiger charge is 2.32. The van der Waals surface area contributed by atoms with E-state index in [1.54, 1.807) is 0 Å². The lowest BCUT2D eigenvalue weighted by atomic mass is 9.89. The van der Waals surface area contributed by atoms with Crippen molar-refractivity contribution in [1.82, 2.24) is 20.0 Å². The maximum absolute atomic E-state index is 4.28. The van der Waals surface area contributed by atoms with Gasteiger partial charge in [0.05, 0.1) is 16.4 Å². The number of hydrogen-bond acceptors (Lipinski definition) is 3. The number of likely N-dealkylation sites (tertiary alicyclic amines) is 1. The summed E-state index contributed by atoms with van der Waals surface area (Å²) in [4.78, 5) is 2.57. The van der Waals surface area contributed by atoms with Crippen molar-refractivity contribution in [3.63, 3.8) is 0 Å². The van der Waals surface area contributed by atoms with E-state index < -0.39 is 0 Å². The van der Waals surface area contributed by atoms with Crippen LogP contribution in [-0.4, -0.2) is 40.9 Å². The van der Waals surface area contributed by atoms with Crippen molar-refractivity contribution in [2.75, 3.05) is 26.2 Å². The fourth-order valence-electron chi connectivity index (χ4n) is 3.08. The number of nitrogens with one attached hydrogen (secondary N) is 1. The number of aryl methyl sites for hydroxylation is 1. The number of aromatic nitrogens is 2. The summed E-state index contributed by atoms with van der Waals surface area (Å²) in [6.45, 7) is 5.90. The Labute approximate surface area is 110 Å². The Bertz CT molecular complexity index is 384. The first kappa shape index (κ1) is 11.7. The van der Waals surface area contributed by atoms with E-state index in [0.717, 1.165) is 22.9 Å². The highest BCUT2D eigenvalue weighted by molar-refractivity contribution is 9.10. The third-order valence-electron chi connectivity index (χ3n) is 4.17. The predicted molar refractivity (Wildman–Crippen MR) is 70.7 cm³/mol. The normalized spacial score (nSPS) is 29.5. The lowest BCUT2D eigenvalue weighted by Gasteiger charge is -2.34. The zero-order valence-corrected chi connectivity index (χ0v) is 11.8. The maximum atomic E-state index is 4.28. The van der Waals surface area contributed by atoms with Gasteiger partial charge in [0.15, 0.2) is 0 Å². The van der Waals surface area contributed by atoms with Crippen molar-refractivity contribution in [3.05, 3.63) is 16.4 Å². The van der Waals surface area contributed by atoms with Crippen LogP contribution in [0.25, 0.3) is 0 Å². The molecule has 0 bridgehead atoms. The summed E-state index contributed by atoms with van der Waals surface area (Å²) < 4.78 is 3.11. The minimum absolute atomic E-state index is 0.857. The summed E-state index contributed by atoms with van der Waals surface area (Å²) in [7, 11) is 2.02. The molecule has 2 saturated heterocycles. The fourth-order valence-corrected chi connectivity index (χ4v) is 3.55. The van der Waals surface area contributed by atoms with Gasteiger partial charge in [0.1, 0.15) is 0 Å². The molecular weight excluding hydrogens is 280 g/mol. The molecule has 0 aromatic carbocycles. The van der Waals surface area contributed by atoms with Crippen LogP contribution < -0.4 is 5.32 Å². The van der Waals surface area contributed by atoms with Crippen molar-refractivity contribution < 1.29 is 0 Å². The Balaban J connectivity index is 1.66. The molecule has 0 amide bonds. The Kier molecular flexibility index (Phi) is 3.23. The molecule has 4 nitrogen and oxygen atoms in total. The number of piperidine rings is 1. The molecule has 0 aliphatic carbocycles. The van der Waals surface area contributed by atoms with Gasteiger partial charge in [-0.25, -0.2) is 0 Å². The van der Waals surface area contributed by atoms with E-state index in [0.29, 0.717) is 0 Å². The van der Waals surface area contributed by atoms with Crippen molar-refractivity contribution in [2.45, 2.75) is 13.0 Å². The Morgan fingerprint density at radius 1 is 1.47 bits per heavy atom. The monoisotopic (exact) mass is 298 g/mol. The van der Waals surface area contributed by atoms with Crippen molar-refractivity contribution in [1.29, 1.82) is 0 Å². The number of fused-ring (bicyclic) bond motifs is 1. The number of rotatable bonds is 2. The Hall–Kier alpha value is -0.390. The zero-order chi connectivity index (χ0) is 11.8. The minimum atomic E-state index is 0.857. The maximum Gasteiger partial charge on any atom is 0.0663 e. The van der Waals surface area contributed by atoms with Gasteiger partial charge in [-0.15, -0.1) is 0 Å². The van der Waals surface area contributed by atoms with Crippen LogP contribution in [0.1, 0.15) is 12.1 Å². The van der Waals surface area contributed by atoms with Gasteiger partial charge in [0, 0.05) is 20.1 Å². The molecule has 2 aliphatic heterocycles. The average molecular weight is 299 g/mol. The Morgan fingerprint density at radius 3 is 3.06 bits per heavy atom. The van der Waals surface area contributed by atoms with Crippen LogP contribution >= 0.6 is 15.9 Å². The quantitative estimate of drug-likeness (QED) is 0.891. The molecule has 3 heterocycles. The summed E-state index contributed by atoms with van der Waals surface area (Å²) in [5.41, 5.74) is 1.29. The highest BCUT2D eigenvalue weighted by Crippen LogP contribution is 2.28. The molecule has 2 aliphatic rings. The Morgan fingerprint density at radius 2 is 2.29 bits per heavy atom. The predicted octanol–water partition coefficient (Wildman–Crippen LogP) is 1.22. The van der Waals surface area contributed by atoms with E-state index in [1.165, 1.54) is 38.3 Å². The van der Waals surface area contributed by atoms with Crippen molar-refractivity contribution in [2.24, 2.45) is 18.9 Å². The van der Waals surface area contributed by atoms with E-state index in [2.05, 4.69) is 31.2 Å². The summed E-state index contributed by atoms with van der Waals surface area (Å²) in [6.07, 6.45) is 3.23. The fraction of sp³-hybridized carbons (Fsp3) is 0.750. The molecule has 2 fully saturated rings. The molecule has 17 heavy (non-hydrogen) atoms. The van der Waals surface area contributed by atoms with E-state index in [4.69, 9.17) is 0 Å². The van der Waals surface area contributed by atoms with Gasteiger partial charge in [-0.1, -0.05) is 0 Å². The molecule has 0 saturated carbocycles. The van der Waals surface area contributed by atoms with E-state index in [9.17, 15) is 0 Å². The number of hydrogen-bond donors (Lipinski definition) is 1. The van der Waals surface area contributed by atoms with Gasteiger partial charge in [-0.3, -0.25) is 9.58 Å². The second-order valence-corrected chi connectivity index (χ2v) is 6.12. The first-order valence-corrected chi connectivity index (χ1v) is 7.13. The van der Waals surface area contributed by atoms with Gasteiger partial charge in [0.25, 0.3) is 0 Å². The topological polar surface area (TPSA) is 33.1 Å². The van der Waals surface area contributed by atoms with Gasteiger partial charge >= 0.3 is 0 Å². The van der Waals surface area contributed by atoms with E-state index in [1.807, 2.05) is 17.9 Å². The molecule has 2 unspecified atom stereocenters. The molecular formula is C12H19BrN4. The first-order chi connectivity index (χ1) is 8.24. The third-order valence-corrected chi connectivity index (χ3v) is 4.83. The van der Waals surface area contributed by atoms with Crippen LogP contribution in [0.4, 0.5) is 0 Å². The second-order valence-electron chi connectivity index (χ2n) is 5.27. The van der Waals surface area contributed by atoms with Gasteiger partial charge in [-0.2, -0.15) is 5.10 Å². The molecule has 5 heteroatoms. The van der Waals surface area contributed by atoms with E-state index in [-0.39, 0.29) is 0 Å². The third kappa shape index (κ3) is 2.28. The zero-order valence-electron chi connectivity index (χ0n) is 10.2. The molecule has 94 valence electrons. The summed E-state index contributed by atoms with van der Waals surface area (Å²) in [5, 5.41) is 7.79. The summed E-state index contributed by atoms with van der Waals surface area (Å²) in [5.74, 6) is 1.77. The molecule has 1 aromatic heterocycles. The van der Waals surface area contributed by atoms with Crippen LogP contribution in [0.5, 0.6) is 0 Å². The van der Waals surface area contributed by atoms with Gasteiger partial charge in [0.2, 0.25) is 0 Å². The molecule has 2 atom stereocenters. The van der Waals surface area contributed by atoms with Gasteiger partial charge < -0.3 is 5.32 Å². The lowest BCUT2D eigenvalue weighted by Crippen LogP contribution is -2.39. The highest BCUT2D eigenvalue weighted by atomic mass is 79.9.